The first kappa shape index (κ1) is 9.83. The van der Waals surface area contributed by atoms with Gasteiger partial charge in [-0.25, -0.2) is 0 Å². The lowest BCUT2D eigenvalue weighted by Crippen LogP contribution is -2.29. The van der Waals surface area contributed by atoms with Crippen LogP contribution in [0.2, 0.25) is 0 Å². The fraction of sp³-hybridized carbons (Fsp3) is 0.600. The Hall–Kier alpha value is 0.827. The summed E-state index contributed by atoms with van der Waals surface area (Å²) < 4.78 is 0. The van der Waals surface area contributed by atoms with Gasteiger partial charge >= 0.3 is 0 Å². The molecular weight excluding hydrogens is 194 g/mol. The van der Waals surface area contributed by atoms with Gasteiger partial charge in [-0.3, -0.25) is 0 Å². The number of hydrogen-bond donors (Lipinski definition) is 0. The van der Waals surface area contributed by atoms with Crippen molar-refractivity contribution in [2.75, 3.05) is 0 Å². The van der Waals surface area contributed by atoms with Gasteiger partial charge in [-0.05, 0) is 6.42 Å². The lowest BCUT2D eigenvalue weighted by atomic mass is 10.6. The molecule has 0 nitrogen and oxygen atoms in total. The van der Waals surface area contributed by atoms with Gasteiger partial charge in [0.1, 0.15) is 0 Å². The average molecular weight is 204 g/mol. The molecule has 0 aromatic carbocycles. The van der Waals surface area contributed by atoms with Crippen molar-refractivity contribution in [3.05, 3.63) is 12.3 Å². The molecule has 0 heterocycles. The highest BCUT2D eigenvalue weighted by Gasteiger charge is 2.32. The van der Waals surface area contributed by atoms with E-state index in [9.17, 15) is 0 Å². The number of halogens is 3. The zero-order valence-electron chi connectivity index (χ0n) is 5.20. The van der Waals surface area contributed by atoms with Gasteiger partial charge in [0, 0.05) is 0 Å². The monoisotopic (exact) mass is 202 g/mol. The molecule has 0 aliphatic rings. The van der Waals surface area contributed by atoms with Gasteiger partial charge in [-0.1, -0.05) is 12.6 Å². The van der Waals surface area contributed by atoms with E-state index in [0.29, 0.717) is 0 Å². The van der Waals surface area contributed by atoms with Crippen LogP contribution in [0.15, 0.2) is 12.3 Å². The molecule has 0 aliphatic carbocycles. The molecule has 0 rings (SSSR count). The molecule has 0 N–H and O–H groups in total. The van der Waals surface area contributed by atoms with Gasteiger partial charge in [0.05, 0.1) is 5.00 Å². The highest BCUT2D eigenvalue weighted by atomic mass is 35.7. The van der Waals surface area contributed by atoms with Crippen molar-refractivity contribution < 1.29 is 0 Å². The summed E-state index contributed by atoms with van der Waals surface area (Å²) in [5.41, 5.74) is 1.58. The molecule has 1 atom stereocenters. The summed E-state index contributed by atoms with van der Waals surface area (Å²) in [6, 6.07) is 0. The van der Waals surface area contributed by atoms with Gasteiger partial charge < -0.3 is 0 Å². The second-order valence-electron chi connectivity index (χ2n) is 1.75. The Morgan fingerprint density at radius 3 is 2.22 bits per heavy atom. The zero-order chi connectivity index (χ0) is 7.49. The Balaban J connectivity index is 3.95. The zero-order valence-corrected chi connectivity index (χ0v) is 8.47. The summed E-state index contributed by atoms with van der Waals surface area (Å²) in [6.07, 6.45) is 0.798. The van der Waals surface area contributed by atoms with Crippen LogP contribution in [0.4, 0.5) is 0 Å². The van der Waals surface area contributed by atoms with Gasteiger partial charge in [-0.2, -0.15) is 0 Å². The van der Waals surface area contributed by atoms with Crippen molar-refractivity contribution in [1.29, 1.82) is 0 Å². The smallest absolute Gasteiger partial charge is 0.139 e. The summed E-state index contributed by atoms with van der Waals surface area (Å²) in [5.74, 6) is 0. The predicted molar refractivity (Wildman–Crippen MR) is 47.6 cm³/mol. The molecule has 0 bridgehead atoms. The Morgan fingerprint density at radius 2 is 2.11 bits per heavy atom. The van der Waals surface area contributed by atoms with E-state index < -0.39 is 6.69 Å². The van der Waals surface area contributed by atoms with Crippen LogP contribution in [0.25, 0.3) is 0 Å². The quantitative estimate of drug-likeness (QED) is 0.375. The molecule has 54 valence electrons. The number of rotatable bonds is 3. The molecule has 1 unspecified atom stereocenters. The van der Waals surface area contributed by atoms with E-state index in [4.69, 9.17) is 33.8 Å². The summed E-state index contributed by atoms with van der Waals surface area (Å²) in [6.45, 7) is 3.16. The topological polar surface area (TPSA) is 0 Å². The fourth-order valence-electron chi connectivity index (χ4n) is 0.400. The molecule has 0 saturated heterocycles. The molecule has 0 saturated carbocycles. The molecule has 9 heavy (non-hydrogen) atoms. The minimum absolute atomic E-state index is 0.113. The molecule has 0 aliphatic heterocycles. The summed E-state index contributed by atoms with van der Waals surface area (Å²) >= 11 is 17.4. The molecule has 0 spiro atoms. The average Bonchev–Trinajstić information content (AvgIpc) is 1.86. The van der Waals surface area contributed by atoms with Crippen LogP contribution in [0.3, 0.4) is 0 Å². The van der Waals surface area contributed by atoms with E-state index in [2.05, 4.69) is 6.58 Å². The van der Waals surface area contributed by atoms with E-state index in [1.807, 2.05) is 6.92 Å². The maximum Gasteiger partial charge on any atom is 0.290 e. The third-order valence-electron chi connectivity index (χ3n) is 1.05. The molecular formula is C5H9Cl3Si. The largest absolute Gasteiger partial charge is 0.290 e. The molecule has 0 radical (unpaired) electrons. The minimum atomic E-state index is -2.31. The van der Waals surface area contributed by atoms with E-state index in [0.717, 1.165) is 6.42 Å². The SMILES string of the molecule is C=C[Si](Cl)(Cl)C(Cl)CC. The van der Waals surface area contributed by atoms with Crippen molar-refractivity contribution in [2.45, 2.75) is 18.3 Å². The Morgan fingerprint density at radius 1 is 1.67 bits per heavy atom. The van der Waals surface area contributed by atoms with Gasteiger partial charge in [-0.15, -0.1) is 40.3 Å². The van der Waals surface area contributed by atoms with E-state index in [-0.39, 0.29) is 5.00 Å². The molecule has 0 fully saturated rings. The van der Waals surface area contributed by atoms with E-state index >= 15 is 0 Å². The first-order valence-electron chi connectivity index (χ1n) is 2.70. The van der Waals surface area contributed by atoms with Gasteiger partial charge in [0.15, 0.2) is 0 Å². The minimum Gasteiger partial charge on any atom is -0.139 e. The van der Waals surface area contributed by atoms with Crippen LogP contribution in [0, 0.1) is 0 Å². The third-order valence-corrected chi connectivity index (χ3v) is 7.35. The Kier molecular flexibility index (Phi) is 4.22. The maximum atomic E-state index is 5.83. The van der Waals surface area contributed by atoms with Crippen molar-refractivity contribution in [2.24, 2.45) is 0 Å². The van der Waals surface area contributed by atoms with Crippen LogP contribution < -0.4 is 0 Å². The molecule has 0 aromatic heterocycles. The molecule has 0 aromatic rings. The lowest BCUT2D eigenvalue weighted by Gasteiger charge is -2.15. The molecule has 4 heteroatoms. The lowest BCUT2D eigenvalue weighted by molar-refractivity contribution is 1.02. The van der Waals surface area contributed by atoms with Crippen molar-refractivity contribution in [1.82, 2.24) is 0 Å². The normalized spacial score (nSPS) is 15.1. The summed E-state index contributed by atoms with van der Waals surface area (Å²) in [7, 11) is 0. The molecule has 0 amide bonds. The Labute approximate surface area is 71.2 Å². The standard InChI is InChI=1S/C5H9Cl3Si/c1-3-5(6)9(7,8)4-2/h4-5H,2-3H2,1H3. The first-order chi connectivity index (χ1) is 4.04. The highest BCUT2D eigenvalue weighted by molar-refractivity contribution is 7.49. The van der Waals surface area contributed by atoms with E-state index in [1.165, 1.54) is 0 Å². The van der Waals surface area contributed by atoms with Crippen molar-refractivity contribution >= 4 is 40.5 Å². The second kappa shape index (κ2) is 3.87. The van der Waals surface area contributed by atoms with Crippen LogP contribution in [-0.4, -0.2) is 11.7 Å². The third kappa shape index (κ3) is 2.94. The van der Waals surface area contributed by atoms with Crippen molar-refractivity contribution in [3.8, 4) is 0 Å². The van der Waals surface area contributed by atoms with Crippen LogP contribution in [0.1, 0.15) is 13.3 Å². The first-order valence-corrected chi connectivity index (χ1v) is 7.31. The van der Waals surface area contributed by atoms with Crippen LogP contribution >= 0.6 is 33.8 Å². The van der Waals surface area contributed by atoms with Gasteiger partial charge in [0.2, 0.25) is 0 Å². The van der Waals surface area contributed by atoms with E-state index in [1.54, 1.807) is 5.70 Å². The number of alkyl halides is 1. The van der Waals surface area contributed by atoms with Crippen LogP contribution in [0.5, 0.6) is 0 Å². The maximum absolute atomic E-state index is 5.83. The summed E-state index contributed by atoms with van der Waals surface area (Å²) in [4.78, 5) is 0. The van der Waals surface area contributed by atoms with Crippen LogP contribution in [-0.2, 0) is 0 Å². The predicted octanol–water partition coefficient (Wildman–Crippen LogP) is 3.19. The number of hydrogen-bond acceptors (Lipinski definition) is 0. The fourth-order valence-corrected chi connectivity index (χ4v) is 2.39. The van der Waals surface area contributed by atoms with Gasteiger partial charge in [0.25, 0.3) is 6.69 Å². The second-order valence-corrected chi connectivity index (χ2v) is 9.43. The van der Waals surface area contributed by atoms with Crippen molar-refractivity contribution in [3.63, 3.8) is 0 Å². The summed E-state index contributed by atoms with van der Waals surface area (Å²) in [5, 5.41) is -0.113. The highest BCUT2D eigenvalue weighted by Crippen LogP contribution is 2.26. The Bertz CT molecular complexity index is 102.